The maximum Gasteiger partial charge on any atom is 0.0165 e. The molecule has 0 heteroatoms. The van der Waals surface area contributed by atoms with E-state index in [4.69, 9.17) is 0 Å². The largest absolute Gasteiger partial charge is 0.0622 e. The van der Waals surface area contributed by atoms with E-state index < -0.39 is 0 Å². The van der Waals surface area contributed by atoms with Crippen LogP contribution >= 0.6 is 0 Å². The summed E-state index contributed by atoms with van der Waals surface area (Å²) in [4.78, 5) is 0. The van der Waals surface area contributed by atoms with Crippen LogP contribution in [0.25, 0.3) is 108 Å². The molecule has 0 radical (unpaired) electrons. The van der Waals surface area contributed by atoms with Crippen molar-refractivity contribution in [3.05, 3.63) is 229 Å². The highest BCUT2D eigenvalue weighted by molar-refractivity contribution is 6.34. The molecular formula is C61H40. The van der Waals surface area contributed by atoms with Crippen LogP contribution in [0.1, 0.15) is 36.1 Å². The van der Waals surface area contributed by atoms with Crippen LogP contribution in [0.4, 0.5) is 0 Å². The molecule has 1 aliphatic rings. The first-order chi connectivity index (χ1) is 30.1. The van der Waals surface area contributed by atoms with Gasteiger partial charge in [-0.25, -0.2) is 0 Å². The van der Waals surface area contributed by atoms with Gasteiger partial charge >= 0.3 is 0 Å². The third kappa shape index (κ3) is 4.76. The Morgan fingerprint density at radius 1 is 0.262 bits per heavy atom. The van der Waals surface area contributed by atoms with Gasteiger partial charge in [0.2, 0.25) is 0 Å². The summed E-state index contributed by atoms with van der Waals surface area (Å²) >= 11 is 0. The summed E-state index contributed by atoms with van der Waals surface area (Å²) in [5.74, 6) is 0. The van der Waals surface area contributed by atoms with E-state index in [2.05, 4.69) is 220 Å². The van der Waals surface area contributed by atoms with Crippen LogP contribution in [0.15, 0.2) is 206 Å². The molecule has 0 spiro atoms. The van der Waals surface area contributed by atoms with Gasteiger partial charge in [-0.2, -0.15) is 0 Å². The SMILES string of the molecule is CC1(C)C(c2cc3c4ccccc4c4ccccc4c3c3ccccc23)=C(c2ccccc2)c2ccc(-c3cc4c5ccccc5c5ccccc5c4c4ccccc34)cc21. The Bertz CT molecular complexity index is 3880. The molecule has 12 aromatic carbocycles. The lowest BCUT2D eigenvalue weighted by Gasteiger charge is -2.28. The second-order valence-corrected chi connectivity index (χ2v) is 17.5. The zero-order chi connectivity index (χ0) is 40.4. The molecule has 0 aromatic heterocycles. The molecule has 13 rings (SSSR count). The normalized spacial score (nSPS) is 13.8. The van der Waals surface area contributed by atoms with E-state index in [1.54, 1.807) is 0 Å². The molecule has 0 bridgehead atoms. The van der Waals surface area contributed by atoms with Gasteiger partial charge in [-0.3, -0.25) is 0 Å². The fourth-order valence-electron chi connectivity index (χ4n) is 11.4. The monoisotopic (exact) mass is 772 g/mol. The van der Waals surface area contributed by atoms with E-state index in [-0.39, 0.29) is 5.41 Å². The number of rotatable bonds is 3. The fourth-order valence-corrected chi connectivity index (χ4v) is 11.4. The van der Waals surface area contributed by atoms with Crippen molar-refractivity contribution in [3.8, 4) is 11.1 Å². The second-order valence-electron chi connectivity index (χ2n) is 17.5. The molecular weight excluding hydrogens is 733 g/mol. The summed E-state index contributed by atoms with van der Waals surface area (Å²) < 4.78 is 0. The first-order valence-corrected chi connectivity index (χ1v) is 21.5. The quantitative estimate of drug-likeness (QED) is 0.157. The van der Waals surface area contributed by atoms with Crippen molar-refractivity contribution >= 4 is 97.3 Å². The maximum absolute atomic E-state index is 2.53. The van der Waals surface area contributed by atoms with Gasteiger partial charge in [0, 0.05) is 5.41 Å². The minimum atomic E-state index is -0.324. The smallest absolute Gasteiger partial charge is 0.0165 e. The van der Waals surface area contributed by atoms with Crippen molar-refractivity contribution < 1.29 is 0 Å². The average molecular weight is 773 g/mol. The van der Waals surface area contributed by atoms with Gasteiger partial charge < -0.3 is 0 Å². The van der Waals surface area contributed by atoms with Crippen LogP contribution in [0.2, 0.25) is 0 Å². The zero-order valence-corrected chi connectivity index (χ0v) is 34.1. The summed E-state index contributed by atoms with van der Waals surface area (Å²) in [5, 5.41) is 20.8. The Kier molecular flexibility index (Phi) is 7.17. The van der Waals surface area contributed by atoms with Crippen LogP contribution in [0, 0.1) is 0 Å². The van der Waals surface area contributed by atoms with Crippen LogP contribution in [-0.2, 0) is 5.41 Å². The Balaban J connectivity index is 1.11. The summed E-state index contributed by atoms with van der Waals surface area (Å²) in [6.45, 7) is 4.91. The molecule has 12 aromatic rings. The summed E-state index contributed by atoms with van der Waals surface area (Å²) in [5.41, 5.74) is 10.1. The number of fused-ring (bicyclic) bond motifs is 17. The average Bonchev–Trinajstić information content (AvgIpc) is 3.56. The molecule has 0 atom stereocenters. The van der Waals surface area contributed by atoms with Crippen molar-refractivity contribution in [1.29, 1.82) is 0 Å². The minimum absolute atomic E-state index is 0.324. The molecule has 0 fully saturated rings. The topological polar surface area (TPSA) is 0 Å². The number of benzene rings is 12. The van der Waals surface area contributed by atoms with E-state index in [0.29, 0.717) is 0 Å². The molecule has 0 saturated carbocycles. The molecule has 0 saturated heterocycles. The predicted molar refractivity (Wildman–Crippen MR) is 264 cm³/mol. The molecule has 0 unspecified atom stereocenters. The van der Waals surface area contributed by atoms with E-state index in [1.807, 2.05) is 0 Å². The van der Waals surface area contributed by atoms with Crippen molar-refractivity contribution in [2.75, 3.05) is 0 Å². The van der Waals surface area contributed by atoms with Crippen molar-refractivity contribution in [2.24, 2.45) is 0 Å². The summed E-state index contributed by atoms with van der Waals surface area (Å²) in [7, 11) is 0. The van der Waals surface area contributed by atoms with Crippen LogP contribution in [-0.4, -0.2) is 0 Å². The van der Waals surface area contributed by atoms with Crippen molar-refractivity contribution in [3.63, 3.8) is 0 Å². The Morgan fingerprint density at radius 2 is 0.623 bits per heavy atom. The molecule has 0 aliphatic heterocycles. The predicted octanol–water partition coefficient (Wildman–Crippen LogP) is 16.8. The molecule has 0 heterocycles. The first-order valence-electron chi connectivity index (χ1n) is 21.5. The summed E-state index contributed by atoms with van der Waals surface area (Å²) in [6.07, 6.45) is 0. The van der Waals surface area contributed by atoms with Crippen LogP contribution < -0.4 is 0 Å². The molecule has 0 N–H and O–H groups in total. The maximum atomic E-state index is 2.53. The molecule has 0 nitrogen and oxygen atoms in total. The number of hydrogen-bond acceptors (Lipinski definition) is 0. The Hall–Kier alpha value is -7.54. The lowest BCUT2D eigenvalue weighted by molar-refractivity contribution is 0.705. The van der Waals surface area contributed by atoms with Gasteiger partial charge in [-0.15, -0.1) is 0 Å². The second kappa shape index (κ2) is 12.7. The van der Waals surface area contributed by atoms with E-state index >= 15 is 0 Å². The third-order valence-electron chi connectivity index (χ3n) is 14.0. The van der Waals surface area contributed by atoms with Gasteiger partial charge in [0.25, 0.3) is 0 Å². The van der Waals surface area contributed by atoms with Gasteiger partial charge in [-0.05, 0) is 149 Å². The standard InChI is InChI=1S/C61H40/c1-61(2)56-34-38(52-35-53-43-24-8-6-20-39(43)41-22-10-14-28-47(41)58(53)49-30-16-12-26-45(49)52)32-33-51(56)57(37-18-4-3-5-19-37)60(61)55-36-54-44-25-9-7-21-40(44)42-23-11-15-29-48(42)59(54)50-31-17-13-27-46(50)55/h3-36H,1-2H3. The third-order valence-corrected chi connectivity index (χ3v) is 14.0. The van der Waals surface area contributed by atoms with Gasteiger partial charge in [0.05, 0.1) is 0 Å². The van der Waals surface area contributed by atoms with Gasteiger partial charge in [-0.1, -0.05) is 202 Å². The molecule has 0 amide bonds. The van der Waals surface area contributed by atoms with Crippen molar-refractivity contribution in [1.82, 2.24) is 0 Å². The molecule has 61 heavy (non-hydrogen) atoms. The van der Waals surface area contributed by atoms with E-state index in [1.165, 1.54) is 131 Å². The fraction of sp³-hybridized carbons (Fsp3) is 0.0492. The number of allylic oxidation sites excluding steroid dienone is 1. The Labute approximate surface area is 354 Å². The molecule has 284 valence electrons. The first kappa shape index (κ1) is 34.3. The van der Waals surface area contributed by atoms with Crippen molar-refractivity contribution in [2.45, 2.75) is 19.3 Å². The van der Waals surface area contributed by atoms with Gasteiger partial charge in [0.15, 0.2) is 0 Å². The lowest BCUT2D eigenvalue weighted by atomic mass is 9.75. The zero-order valence-electron chi connectivity index (χ0n) is 34.1. The highest BCUT2D eigenvalue weighted by Gasteiger charge is 2.40. The van der Waals surface area contributed by atoms with E-state index in [9.17, 15) is 0 Å². The number of hydrogen-bond donors (Lipinski definition) is 0. The van der Waals surface area contributed by atoms with Gasteiger partial charge in [0.1, 0.15) is 0 Å². The van der Waals surface area contributed by atoms with E-state index in [0.717, 1.165) is 0 Å². The minimum Gasteiger partial charge on any atom is -0.0622 e. The lowest BCUT2D eigenvalue weighted by Crippen LogP contribution is -2.17. The highest BCUT2D eigenvalue weighted by Crippen LogP contribution is 2.56. The highest BCUT2D eigenvalue weighted by atomic mass is 14.4. The molecule has 1 aliphatic carbocycles. The van der Waals surface area contributed by atoms with Crippen LogP contribution in [0.5, 0.6) is 0 Å². The Morgan fingerprint density at radius 3 is 1.11 bits per heavy atom. The van der Waals surface area contributed by atoms with Crippen LogP contribution in [0.3, 0.4) is 0 Å². The summed E-state index contributed by atoms with van der Waals surface area (Å²) in [6, 6.07) is 77.4.